The molecule has 1 heterocycles. The molecule has 1 aliphatic heterocycles. The summed E-state index contributed by atoms with van der Waals surface area (Å²) in [5, 5.41) is 0. The van der Waals surface area contributed by atoms with Crippen molar-refractivity contribution in [3.8, 4) is 0 Å². The average Bonchev–Trinajstić information content (AvgIpc) is 2.72. The number of piperazine rings is 1. The fourth-order valence-electron chi connectivity index (χ4n) is 3.17. The minimum atomic E-state index is -4.58. The maximum absolute atomic E-state index is 13.7. The van der Waals surface area contributed by atoms with Gasteiger partial charge in [0.1, 0.15) is 11.6 Å². The molecule has 0 aromatic heterocycles. The predicted molar refractivity (Wildman–Crippen MR) is 109 cm³/mol. The zero-order chi connectivity index (χ0) is 22.6. The fraction of sp³-hybridized carbons (Fsp3) is 0.316. The number of carbonyl (C=O) groups excluding carboxylic acids is 1. The molecule has 0 unspecified atom stereocenters. The predicted octanol–water partition coefficient (Wildman–Crippen LogP) is 0.917. The Bertz CT molecular complexity index is 1130. The van der Waals surface area contributed by atoms with Crippen LogP contribution in [0.4, 0.5) is 8.78 Å². The van der Waals surface area contributed by atoms with E-state index >= 15 is 0 Å². The maximum Gasteiger partial charge on any atom is 0.246 e. The Hall–Kier alpha value is -2.41. The average molecular weight is 474 g/mol. The minimum Gasteiger partial charge on any atom is -0.339 e. The standard InChI is InChI=1S/C19H21F2N3O5S2/c20-16-7-4-8-17(21)19(16)31(28,29)22-13-18(25)23-9-11-24(12-10-23)30(26,27)14-15-5-2-1-3-6-15/h1-8,22H,9-14H2. The van der Waals surface area contributed by atoms with Crippen LogP contribution in [0.2, 0.25) is 0 Å². The van der Waals surface area contributed by atoms with Crippen molar-refractivity contribution in [3.05, 3.63) is 65.7 Å². The van der Waals surface area contributed by atoms with Gasteiger partial charge in [-0.25, -0.2) is 30.3 Å². The lowest BCUT2D eigenvalue weighted by molar-refractivity contribution is -0.131. The first-order valence-corrected chi connectivity index (χ1v) is 12.4. The smallest absolute Gasteiger partial charge is 0.246 e. The summed E-state index contributed by atoms with van der Waals surface area (Å²) < 4.78 is 80.1. The van der Waals surface area contributed by atoms with E-state index in [1.807, 2.05) is 4.72 Å². The van der Waals surface area contributed by atoms with Gasteiger partial charge in [0.05, 0.1) is 12.3 Å². The van der Waals surface area contributed by atoms with E-state index in [4.69, 9.17) is 0 Å². The van der Waals surface area contributed by atoms with Gasteiger partial charge in [0.2, 0.25) is 26.0 Å². The van der Waals surface area contributed by atoms with E-state index < -0.39 is 49.0 Å². The number of nitrogens with one attached hydrogen (secondary N) is 1. The second kappa shape index (κ2) is 9.39. The summed E-state index contributed by atoms with van der Waals surface area (Å²) in [5.74, 6) is -3.31. The number of amides is 1. The SMILES string of the molecule is O=C(CNS(=O)(=O)c1c(F)cccc1F)N1CCN(S(=O)(=O)Cc2ccccc2)CC1. The second-order valence-electron chi connectivity index (χ2n) is 6.90. The van der Waals surface area contributed by atoms with Crippen molar-refractivity contribution >= 4 is 26.0 Å². The van der Waals surface area contributed by atoms with Gasteiger partial charge in [0.25, 0.3) is 0 Å². The van der Waals surface area contributed by atoms with Crippen LogP contribution >= 0.6 is 0 Å². The van der Waals surface area contributed by atoms with E-state index in [2.05, 4.69) is 0 Å². The van der Waals surface area contributed by atoms with Gasteiger partial charge in [-0.1, -0.05) is 36.4 Å². The zero-order valence-corrected chi connectivity index (χ0v) is 18.0. The third-order valence-corrected chi connectivity index (χ3v) is 8.08. The number of sulfonamides is 2. The highest BCUT2D eigenvalue weighted by atomic mass is 32.2. The molecule has 31 heavy (non-hydrogen) atoms. The van der Waals surface area contributed by atoms with Crippen LogP contribution < -0.4 is 4.72 Å². The summed E-state index contributed by atoms with van der Waals surface area (Å²) in [6.45, 7) is -0.427. The van der Waals surface area contributed by atoms with Gasteiger partial charge in [-0.2, -0.15) is 4.31 Å². The highest BCUT2D eigenvalue weighted by Gasteiger charge is 2.30. The number of hydrogen-bond donors (Lipinski definition) is 1. The monoisotopic (exact) mass is 473 g/mol. The summed E-state index contributed by atoms with van der Waals surface area (Å²) in [7, 11) is -8.14. The quantitative estimate of drug-likeness (QED) is 0.644. The van der Waals surface area contributed by atoms with Crippen LogP contribution in [0.1, 0.15) is 5.56 Å². The van der Waals surface area contributed by atoms with Gasteiger partial charge in [-0.15, -0.1) is 0 Å². The van der Waals surface area contributed by atoms with E-state index in [0.717, 1.165) is 18.2 Å². The van der Waals surface area contributed by atoms with Crippen LogP contribution in [0.3, 0.4) is 0 Å². The Morgan fingerprint density at radius 2 is 1.45 bits per heavy atom. The number of rotatable bonds is 7. The van der Waals surface area contributed by atoms with Gasteiger partial charge in [0.15, 0.2) is 4.90 Å². The Morgan fingerprint density at radius 1 is 0.871 bits per heavy atom. The van der Waals surface area contributed by atoms with Gasteiger partial charge < -0.3 is 4.90 Å². The Kier molecular flexibility index (Phi) is 7.04. The number of hydrogen-bond acceptors (Lipinski definition) is 5. The molecule has 12 heteroatoms. The van der Waals surface area contributed by atoms with Crippen molar-refractivity contribution in [2.24, 2.45) is 0 Å². The molecule has 0 radical (unpaired) electrons. The molecule has 1 aliphatic rings. The van der Waals surface area contributed by atoms with Crippen molar-refractivity contribution in [2.75, 3.05) is 32.7 Å². The first-order valence-electron chi connectivity index (χ1n) is 9.33. The summed E-state index contributed by atoms with van der Waals surface area (Å²) in [6, 6.07) is 11.3. The summed E-state index contributed by atoms with van der Waals surface area (Å²) in [5.41, 5.74) is 0.649. The molecule has 1 fully saturated rings. The lowest BCUT2D eigenvalue weighted by Crippen LogP contribution is -2.52. The van der Waals surface area contributed by atoms with E-state index in [0.29, 0.717) is 5.56 Å². The van der Waals surface area contributed by atoms with Crippen LogP contribution in [-0.2, 0) is 30.6 Å². The van der Waals surface area contributed by atoms with E-state index in [-0.39, 0.29) is 31.9 Å². The number of benzene rings is 2. The summed E-state index contributed by atoms with van der Waals surface area (Å²) in [6.07, 6.45) is 0. The van der Waals surface area contributed by atoms with Gasteiger partial charge in [-0.05, 0) is 17.7 Å². The molecule has 2 aromatic rings. The van der Waals surface area contributed by atoms with Crippen molar-refractivity contribution in [1.29, 1.82) is 0 Å². The van der Waals surface area contributed by atoms with E-state index in [1.165, 1.54) is 9.21 Å². The fourth-order valence-corrected chi connectivity index (χ4v) is 5.80. The van der Waals surface area contributed by atoms with Crippen molar-refractivity contribution in [3.63, 3.8) is 0 Å². The molecule has 0 saturated carbocycles. The number of carbonyl (C=O) groups is 1. The summed E-state index contributed by atoms with van der Waals surface area (Å²) in [4.78, 5) is 12.5. The van der Waals surface area contributed by atoms with Crippen LogP contribution in [0.25, 0.3) is 0 Å². The van der Waals surface area contributed by atoms with Crippen LogP contribution in [0.5, 0.6) is 0 Å². The Labute approximate surface area is 179 Å². The molecule has 2 aromatic carbocycles. The van der Waals surface area contributed by atoms with Crippen molar-refractivity contribution in [2.45, 2.75) is 10.6 Å². The van der Waals surface area contributed by atoms with E-state index in [1.54, 1.807) is 30.3 Å². The zero-order valence-electron chi connectivity index (χ0n) is 16.4. The largest absolute Gasteiger partial charge is 0.339 e. The highest BCUT2D eigenvalue weighted by molar-refractivity contribution is 7.89. The maximum atomic E-state index is 13.7. The minimum absolute atomic E-state index is 0.0651. The van der Waals surface area contributed by atoms with Gasteiger partial charge in [-0.3, -0.25) is 4.79 Å². The van der Waals surface area contributed by atoms with Crippen molar-refractivity contribution < 1.29 is 30.4 Å². The lowest BCUT2D eigenvalue weighted by atomic mass is 10.2. The van der Waals surface area contributed by atoms with E-state index in [9.17, 15) is 30.4 Å². The van der Waals surface area contributed by atoms with Crippen LogP contribution in [-0.4, -0.2) is 64.7 Å². The second-order valence-corrected chi connectivity index (χ2v) is 10.6. The molecule has 1 saturated heterocycles. The number of halogens is 2. The first-order chi connectivity index (χ1) is 14.6. The molecule has 0 spiro atoms. The Morgan fingerprint density at radius 3 is 2.03 bits per heavy atom. The Balaban J connectivity index is 1.56. The van der Waals surface area contributed by atoms with Gasteiger partial charge >= 0.3 is 0 Å². The molecule has 8 nitrogen and oxygen atoms in total. The molecule has 0 bridgehead atoms. The first kappa shape index (κ1) is 23.3. The third-order valence-electron chi connectivity index (χ3n) is 4.78. The topological polar surface area (TPSA) is 104 Å². The van der Waals surface area contributed by atoms with Crippen molar-refractivity contribution in [1.82, 2.24) is 13.9 Å². The molecular formula is C19H21F2N3O5S2. The molecule has 1 amide bonds. The summed E-state index contributed by atoms with van der Waals surface area (Å²) >= 11 is 0. The highest BCUT2D eigenvalue weighted by Crippen LogP contribution is 2.18. The number of nitrogens with zero attached hydrogens (tertiary/aromatic N) is 2. The molecule has 1 N–H and O–H groups in total. The molecule has 0 aliphatic carbocycles. The molecule has 168 valence electrons. The van der Waals surface area contributed by atoms with Crippen LogP contribution in [0, 0.1) is 11.6 Å². The van der Waals surface area contributed by atoms with Crippen LogP contribution in [0.15, 0.2) is 53.4 Å². The normalized spacial score (nSPS) is 15.7. The van der Waals surface area contributed by atoms with Gasteiger partial charge in [0, 0.05) is 26.2 Å². The molecule has 0 atom stereocenters. The third kappa shape index (κ3) is 5.64. The molecule has 3 rings (SSSR count). The lowest BCUT2D eigenvalue weighted by Gasteiger charge is -2.34. The molecular weight excluding hydrogens is 452 g/mol.